The first kappa shape index (κ1) is 7.79. The molecule has 1 amide bonds. The Hall–Kier alpha value is -1.84. The average Bonchev–Trinajstić information content (AvgIpc) is 2.48. The largest absolute Gasteiger partial charge is 0.364 e. The Bertz CT molecular complexity index is 473. The molecule has 66 valence electrons. The molecule has 0 aliphatic heterocycles. The summed E-state index contributed by atoms with van der Waals surface area (Å²) in [5.74, 6) is -0.479. The fourth-order valence-corrected chi connectivity index (χ4v) is 1.37. The third-order valence-corrected chi connectivity index (χ3v) is 2.03. The number of H-pyrrole nitrogens is 1. The average molecular weight is 175 g/mol. The summed E-state index contributed by atoms with van der Waals surface area (Å²) in [6, 6.07) is 5.64. The number of nitrogens with zero attached hydrogens (tertiary/aromatic N) is 1. The summed E-state index contributed by atoms with van der Waals surface area (Å²) in [5, 5.41) is 7.43. The van der Waals surface area contributed by atoms with Gasteiger partial charge in [-0.05, 0) is 12.5 Å². The molecule has 2 aromatic rings. The van der Waals surface area contributed by atoms with E-state index in [1.54, 1.807) is 0 Å². The van der Waals surface area contributed by atoms with Crippen molar-refractivity contribution in [3.05, 3.63) is 29.5 Å². The van der Waals surface area contributed by atoms with Gasteiger partial charge in [-0.2, -0.15) is 5.10 Å². The van der Waals surface area contributed by atoms with E-state index in [1.165, 1.54) is 0 Å². The lowest BCUT2D eigenvalue weighted by Crippen LogP contribution is -2.11. The third-order valence-electron chi connectivity index (χ3n) is 2.03. The zero-order valence-corrected chi connectivity index (χ0v) is 7.16. The molecule has 0 fully saturated rings. The highest BCUT2D eigenvalue weighted by atomic mass is 16.1. The van der Waals surface area contributed by atoms with Crippen LogP contribution in [0.5, 0.6) is 0 Å². The van der Waals surface area contributed by atoms with Gasteiger partial charge in [0.1, 0.15) is 5.69 Å². The maximum atomic E-state index is 10.9. The number of rotatable bonds is 1. The van der Waals surface area contributed by atoms with Crippen molar-refractivity contribution in [1.29, 1.82) is 0 Å². The van der Waals surface area contributed by atoms with Gasteiger partial charge in [0.2, 0.25) is 0 Å². The smallest absolute Gasteiger partial charge is 0.267 e. The van der Waals surface area contributed by atoms with Gasteiger partial charge in [-0.15, -0.1) is 0 Å². The van der Waals surface area contributed by atoms with Crippen LogP contribution in [-0.4, -0.2) is 16.1 Å². The predicted octanol–water partition coefficient (Wildman–Crippen LogP) is 0.970. The highest BCUT2D eigenvalue weighted by Crippen LogP contribution is 2.18. The number of para-hydroxylation sites is 1. The number of hydrogen-bond donors (Lipinski definition) is 2. The molecule has 4 heteroatoms. The predicted molar refractivity (Wildman–Crippen MR) is 49.3 cm³/mol. The Balaban J connectivity index is 2.83. The molecule has 0 aliphatic carbocycles. The number of aromatic amines is 1. The van der Waals surface area contributed by atoms with Gasteiger partial charge in [0.15, 0.2) is 0 Å². The zero-order valence-electron chi connectivity index (χ0n) is 7.16. The lowest BCUT2D eigenvalue weighted by molar-refractivity contribution is 0.0997. The molecule has 0 bridgehead atoms. The molecule has 0 saturated carbocycles. The van der Waals surface area contributed by atoms with Crippen LogP contribution in [0.1, 0.15) is 16.1 Å². The molecule has 13 heavy (non-hydrogen) atoms. The molecule has 2 rings (SSSR count). The summed E-state index contributed by atoms with van der Waals surface area (Å²) >= 11 is 0. The molecule has 1 aromatic heterocycles. The van der Waals surface area contributed by atoms with Gasteiger partial charge >= 0.3 is 0 Å². The number of amides is 1. The van der Waals surface area contributed by atoms with Crippen molar-refractivity contribution < 1.29 is 4.79 Å². The van der Waals surface area contributed by atoms with Gasteiger partial charge in [0.05, 0.1) is 5.52 Å². The summed E-state index contributed by atoms with van der Waals surface area (Å²) in [6.07, 6.45) is 0. The number of fused-ring (bicyclic) bond motifs is 1. The van der Waals surface area contributed by atoms with E-state index < -0.39 is 5.91 Å². The second-order valence-electron chi connectivity index (χ2n) is 2.93. The summed E-state index contributed by atoms with van der Waals surface area (Å²) in [7, 11) is 0. The number of aryl methyl sites for hydroxylation is 1. The lowest BCUT2D eigenvalue weighted by atomic mass is 10.1. The Kier molecular flexibility index (Phi) is 1.55. The number of nitrogens with one attached hydrogen (secondary N) is 1. The second kappa shape index (κ2) is 2.58. The number of nitrogens with two attached hydrogens (primary N) is 1. The molecule has 0 spiro atoms. The normalized spacial score (nSPS) is 10.5. The van der Waals surface area contributed by atoms with Crippen molar-refractivity contribution in [2.24, 2.45) is 5.73 Å². The number of carbonyl (C=O) groups is 1. The SMILES string of the molecule is Cc1cccc2c(C(N)=O)[nH]nc12. The Morgan fingerprint density at radius 1 is 1.54 bits per heavy atom. The molecule has 0 unspecified atom stereocenters. The molecular weight excluding hydrogens is 166 g/mol. The second-order valence-corrected chi connectivity index (χ2v) is 2.93. The van der Waals surface area contributed by atoms with Crippen LogP contribution in [0, 0.1) is 6.92 Å². The van der Waals surface area contributed by atoms with E-state index >= 15 is 0 Å². The van der Waals surface area contributed by atoms with Gasteiger partial charge in [-0.25, -0.2) is 0 Å². The van der Waals surface area contributed by atoms with Gasteiger partial charge in [0, 0.05) is 5.39 Å². The molecule has 0 saturated heterocycles. The molecule has 1 aromatic carbocycles. The minimum absolute atomic E-state index is 0.374. The van der Waals surface area contributed by atoms with Crippen LogP contribution in [0.15, 0.2) is 18.2 Å². The fourth-order valence-electron chi connectivity index (χ4n) is 1.37. The Morgan fingerprint density at radius 2 is 2.31 bits per heavy atom. The topological polar surface area (TPSA) is 71.8 Å². The zero-order chi connectivity index (χ0) is 9.42. The number of hydrogen-bond acceptors (Lipinski definition) is 2. The first-order chi connectivity index (χ1) is 6.20. The van der Waals surface area contributed by atoms with E-state index in [0.29, 0.717) is 5.69 Å². The summed E-state index contributed by atoms with van der Waals surface area (Å²) in [5.41, 5.74) is 7.37. The van der Waals surface area contributed by atoms with Gasteiger partial charge in [0.25, 0.3) is 5.91 Å². The molecular formula is C9H9N3O. The van der Waals surface area contributed by atoms with E-state index in [-0.39, 0.29) is 0 Å². The van der Waals surface area contributed by atoms with E-state index in [2.05, 4.69) is 10.2 Å². The minimum atomic E-state index is -0.479. The maximum absolute atomic E-state index is 10.9. The van der Waals surface area contributed by atoms with Crippen molar-refractivity contribution in [3.8, 4) is 0 Å². The maximum Gasteiger partial charge on any atom is 0.267 e. The standard InChI is InChI=1S/C9H9N3O/c1-5-3-2-4-6-7(5)11-12-8(6)9(10)13/h2-4H,1H3,(H2,10,13)(H,11,12). The molecule has 0 atom stereocenters. The quantitative estimate of drug-likeness (QED) is 0.677. The fraction of sp³-hybridized carbons (Fsp3) is 0.111. The third kappa shape index (κ3) is 1.07. The Morgan fingerprint density at radius 3 is 3.00 bits per heavy atom. The van der Waals surface area contributed by atoms with Crippen molar-refractivity contribution in [2.45, 2.75) is 6.92 Å². The molecule has 0 aliphatic rings. The van der Waals surface area contributed by atoms with Crippen molar-refractivity contribution >= 4 is 16.8 Å². The first-order valence-electron chi connectivity index (χ1n) is 3.93. The van der Waals surface area contributed by atoms with Gasteiger partial charge < -0.3 is 5.73 Å². The van der Waals surface area contributed by atoms with Crippen LogP contribution in [0.2, 0.25) is 0 Å². The number of primary amides is 1. The minimum Gasteiger partial charge on any atom is -0.364 e. The van der Waals surface area contributed by atoms with Crippen LogP contribution < -0.4 is 5.73 Å². The summed E-state index contributed by atoms with van der Waals surface area (Å²) in [4.78, 5) is 10.9. The van der Waals surface area contributed by atoms with Crippen molar-refractivity contribution in [2.75, 3.05) is 0 Å². The van der Waals surface area contributed by atoms with Crippen molar-refractivity contribution in [1.82, 2.24) is 10.2 Å². The lowest BCUT2D eigenvalue weighted by Gasteiger charge is -1.93. The summed E-state index contributed by atoms with van der Waals surface area (Å²) < 4.78 is 0. The van der Waals surface area contributed by atoms with E-state index in [9.17, 15) is 4.79 Å². The van der Waals surface area contributed by atoms with E-state index in [1.807, 2.05) is 25.1 Å². The number of benzene rings is 1. The van der Waals surface area contributed by atoms with Crippen LogP contribution in [0.25, 0.3) is 10.9 Å². The van der Waals surface area contributed by atoms with Crippen molar-refractivity contribution in [3.63, 3.8) is 0 Å². The molecule has 4 nitrogen and oxygen atoms in total. The van der Waals surface area contributed by atoms with Gasteiger partial charge in [-0.3, -0.25) is 9.89 Å². The monoisotopic (exact) mass is 175 g/mol. The molecule has 3 N–H and O–H groups in total. The highest BCUT2D eigenvalue weighted by Gasteiger charge is 2.10. The number of aromatic nitrogens is 2. The number of carbonyl (C=O) groups excluding carboxylic acids is 1. The van der Waals surface area contributed by atoms with Crippen LogP contribution >= 0.6 is 0 Å². The van der Waals surface area contributed by atoms with E-state index in [4.69, 9.17) is 5.73 Å². The molecule has 0 radical (unpaired) electrons. The van der Waals surface area contributed by atoms with Crippen LogP contribution in [-0.2, 0) is 0 Å². The molecule has 1 heterocycles. The van der Waals surface area contributed by atoms with Gasteiger partial charge in [-0.1, -0.05) is 18.2 Å². The summed E-state index contributed by atoms with van der Waals surface area (Å²) in [6.45, 7) is 1.94. The first-order valence-corrected chi connectivity index (χ1v) is 3.93. The Labute approximate surface area is 74.7 Å². The van der Waals surface area contributed by atoms with Crippen LogP contribution in [0.3, 0.4) is 0 Å². The van der Waals surface area contributed by atoms with E-state index in [0.717, 1.165) is 16.5 Å². The highest BCUT2D eigenvalue weighted by molar-refractivity contribution is 6.04. The van der Waals surface area contributed by atoms with Crippen LogP contribution in [0.4, 0.5) is 0 Å².